The molecule has 136 valence electrons. The summed E-state index contributed by atoms with van der Waals surface area (Å²) in [5.41, 5.74) is 3.54. The molecule has 2 amide bonds. The van der Waals surface area contributed by atoms with Gasteiger partial charge in [-0.1, -0.05) is 35.9 Å². The van der Waals surface area contributed by atoms with Gasteiger partial charge in [-0.2, -0.15) is 0 Å². The lowest BCUT2D eigenvalue weighted by Gasteiger charge is -2.18. The maximum absolute atomic E-state index is 12.2. The third kappa shape index (κ3) is 4.57. The number of hydrogen-bond donors (Lipinski definition) is 2. The zero-order valence-corrected chi connectivity index (χ0v) is 15.3. The summed E-state index contributed by atoms with van der Waals surface area (Å²) >= 11 is 0. The van der Waals surface area contributed by atoms with Gasteiger partial charge in [-0.3, -0.25) is 0 Å². The molecule has 0 saturated carbocycles. The van der Waals surface area contributed by atoms with Crippen LogP contribution in [0.3, 0.4) is 0 Å². The van der Waals surface area contributed by atoms with Gasteiger partial charge in [0.25, 0.3) is 0 Å². The number of carbonyl (C=O) groups is 1. The monoisotopic (exact) mass is 351 g/mol. The Morgan fingerprint density at radius 1 is 1.15 bits per heavy atom. The number of carbonyl (C=O) groups excluding carboxylic acids is 1. The van der Waals surface area contributed by atoms with Crippen molar-refractivity contribution in [3.63, 3.8) is 0 Å². The lowest BCUT2D eigenvalue weighted by Crippen LogP contribution is -2.40. The first-order valence-corrected chi connectivity index (χ1v) is 8.87. The Labute approximate surface area is 154 Å². The highest BCUT2D eigenvalue weighted by molar-refractivity contribution is 5.83. The van der Waals surface area contributed by atoms with Crippen molar-refractivity contribution in [2.75, 3.05) is 26.7 Å². The van der Waals surface area contributed by atoms with E-state index in [1.165, 1.54) is 16.5 Å². The standard InChI is InChI=1S/C21H25N3O2/c1-16-7-9-18(10-8-16)26-14-13-24(2)21(25)22-12-11-17-15-23-20-6-4-3-5-19(17)20/h3-10,15,23H,11-14H2,1-2H3,(H,22,25). The van der Waals surface area contributed by atoms with E-state index in [4.69, 9.17) is 4.74 Å². The Morgan fingerprint density at radius 2 is 1.92 bits per heavy atom. The third-order valence-electron chi connectivity index (χ3n) is 4.41. The smallest absolute Gasteiger partial charge is 0.317 e. The summed E-state index contributed by atoms with van der Waals surface area (Å²) in [4.78, 5) is 17.1. The molecule has 0 aliphatic heterocycles. The first kappa shape index (κ1) is 17.9. The topological polar surface area (TPSA) is 57.4 Å². The summed E-state index contributed by atoms with van der Waals surface area (Å²) in [7, 11) is 1.78. The molecular formula is C21H25N3O2. The van der Waals surface area contributed by atoms with Crippen molar-refractivity contribution in [3.05, 3.63) is 65.9 Å². The molecule has 0 fully saturated rings. The van der Waals surface area contributed by atoms with Gasteiger partial charge in [-0.25, -0.2) is 4.79 Å². The molecule has 0 aliphatic rings. The van der Waals surface area contributed by atoms with Crippen LogP contribution in [-0.2, 0) is 6.42 Å². The molecule has 0 bridgehead atoms. The number of rotatable bonds is 7. The highest BCUT2D eigenvalue weighted by atomic mass is 16.5. The maximum atomic E-state index is 12.2. The van der Waals surface area contributed by atoms with Crippen molar-refractivity contribution in [2.24, 2.45) is 0 Å². The van der Waals surface area contributed by atoms with Gasteiger partial charge < -0.3 is 19.9 Å². The number of benzene rings is 2. The van der Waals surface area contributed by atoms with Crippen LogP contribution in [0, 0.1) is 6.92 Å². The van der Waals surface area contributed by atoms with E-state index < -0.39 is 0 Å². The number of aryl methyl sites for hydroxylation is 1. The normalized spacial score (nSPS) is 10.7. The predicted octanol–water partition coefficient (Wildman–Crippen LogP) is 3.74. The Kier molecular flexibility index (Phi) is 5.79. The second kappa shape index (κ2) is 8.43. The van der Waals surface area contributed by atoms with E-state index in [9.17, 15) is 4.79 Å². The molecule has 5 heteroatoms. The number of ether oxygens (including phenoxy) is 1. The number of para-hydroxylation sites is 1. The van der Waals surface area contributed by atoms with E-state index in [1.807, 2.05) is 49.5 Å². The van der Waals surface area contributed by atoms with Crippen molar-refractivity contribution in [2.45, 2.75) is 13.3 Å². The zero-order valence-electron chi connectivity index (χ0n) is 15.3. The molecule has 1 aromatic heterocycles. The number of amides is 2. The molecule has 0 aliphatic carbocycles. The second-order valence-electron chi connectivity index (χ2n) is 6.42. The van der Waals surface area contributed by atoms with Crippen LogP contribution in [0.1, 0.15) is 11.1 Å². The molecule has 0 radical (unpaired) electrons. The minimum Gasteiger partial charge on any atom is -0.492 e. The molecule has 0 atom stereocenters. The van der Waals surface area contributed by atoms with E-state index in [2.05, 4.69) is 22.4 Å². The Balaban J connectivity index is 1.39. The molecular weight excluding hydrogens is 326 g/mol. The molecule has 0 unspecified atom stereocenters. The summed E-state index contributed by atoms with van der Waals surface area (Å²) < 4.78 is 5.67. The van der Waals surface area contributed by atoms with Crippen molar-refractivity contribution >= 4 is 16.9 Å². The van der Waals surface area contributed by atoms with Gasteiger partial charge in [0, 0.05) is 30.7 Å². The van der Waals surface area contributed by atoms with Gasteiger partial charge in [0.15, 0.2) is 0 Å². The number of aromatic amines is 1. The van der Waals surface area contributed by atoms with Crippen molar-refractivity contribution in [1.29, 1.82) is 0 Å². The number of hydrogen-bond acceptors (Lipinski definition) is 2. The number of H-pyrrole nitrogens is 1. The van der Waals surface area contributed by atoms with E-state index in [0.717, 1.165) is 17.7 Å². The van der Waals surface area contributed by atoms with Crippen LogP contribution < -0.4 is 10.1 Å². The molecule has 2 N–H and O–H groups in total. The number of likely N-dealkylation sites (N-methyl/N-ethyl adjacent to an activating group) is 1. The average molecular weight is 351 g/mol. The summed E-state index contributed by atoms with van der Waals surface area (Å²) in [5, 5.41) is 4.17. The number of urea groups is 1. The van der Waals surface area contributed by atoms with Crippen LogP contribution in [0.25, 0.3) is 10.9 Å². The van der Waals surface area contributed by atoms with Gasteiger partial charge in [0.2, 0.25) is 0 Å². The molecule has 2 aromatic carbocycles. The van der Waals surface area contributed by atoms with Gasteiger partial charge in [0.05, 0.1) is 6.54 Å². The van der Waals surface area contributed by atoms with Crippen LogP contribution in [0.4, 0.5) is 4.79 Å². The Bertz CT molecular complexity index is 855. The fourth-order valence-electron chi connectivity index (χ4n) is 2.81. The van der Waals surface area contributed by atoms with Gasteiger partial charge in [0.1, 0.15) is 12.4 Å². The fraction of sp³-hybridized carbons (Fsp3) is 0.286. The highest BCUT2D eigenvalue weighted by Crippen LogP contribution is 2.17. The van der Waals surface area contributed by atoms with Crippen molar-refractivity contribution in [3.8, 4) is 5.75 Å². The van der Waals surface area contributed by atoms with Crippen LogP contribution >= 0.6 is 0 Å². The van der Waals surface area contributed by atoms with Gasteiger partial charge >= 0.3 is 6.03 Å². The van der Waals surface area contributed by atoms with Crippen LogP contribution in [0.15, 0.2) is 54.7 Å². The average Bonchev–Trinajstić information content (AvgIpc) is 3.06. The first-order chi connectivity index (χ1) is 12.6. The summed E-state index contributed by atoms with van der Waals surface area (Å²) in [6, 6.07) is 16.0. The number of nitrogens with one attached hydrogen (secondary N) is 2. The lowest BCUT2D eigenvalue weighted by molar-refractivity contribution is 0.195. The summed E-state index contributed by atoms with van der Waals surface area (Å²) in [6.07, 6.45) is 2.80. The molecule has 26 heavy (non-hydrogen) atoms. The van der Waals surface area contributed by atoms with Crippen LogP contribution in [0.5, 0.6) is 5.75 Å². The van der Waals surface area contributed by atoms with Crippen LogP contribution in [-0.4, -0.2) is 42.7 Å². The van der Waals surface area contributed by atoms with Gasteiger partial charge in [-0.15, -0.1) is 0 Å². The minimum atomic E-state index is -0.0858. The fourth-order valence-corrected chi connectivity index (χ4v) is 2.81. The predicted molar refractivity (Wildman–Crippen MR) is 105 cm³/mol. The third-order valence-corrected chi connectivity index (χ3v) is 4.41. The lowest BCUT2D eigenvalue weighted by atomic mass is 10.1. The number of fused-ring (bicyclic) bond motifs is 1. The van der Waals surface area contributed by atoms with E-state index in [0.29, 0.717) is 19.7 Å². The van der Waals surface area contributed by atoms with Crippen molar-refractivity contribution in [1.82, 2.24) is 15.2 Å². The van der Waals surface area contributed by atoms with E-state index >= 15 is 0 Å². The molecule has 0 saturated heterocycles. The largest absolute Gasteiger partial charge is 0.492 e. The molecule has 1 heterocycles. The van der Waals surface area contributed by atoms with E-state index in [-0.39, 0.29) is 6.03 Å². The number of nitrogens with zero attached hydrogens (tertiary/aromatic N) is 1. The number of aromatic nitrogens is 1. The van der Waals surface area contributed by atoms with Crippen molar-refractivity contribution < 1.29 is 9.53 Å². The van der Waals surface area contributed by atoms with E-state index in [1.54, 1.807) is 11.9 Å². The minimum absolute atomic E-state index is 0.0858. The molecule has 3 rings (SSSR count). The molecule has 5 nitrogen and oxygen atoms in total. The van der Waals surface area contributed by atoms with Gasteiger partial charge in [-0.05, 0) is 37.1 Å². The first-order valence-electron chi connectivity index (χ1n) is 8.87. The summed E-state index contributed by atoms with van der Waals surface area (Å²) in [5.74, 6) is 0.823. The summed E-state index contributed by atoms with van der Waals surface area (Å²) in [6.45, 7) is 3.64. The SMILES string of the molecule is Cc1ccc(OCCN(C)C(=O)NCCc2c[nH]c3ccccc23)cc1. The Hall–Kier alpha value is -2.95. The van der Waals surface area contributed by atoms with Crippen LogP contribution in [0.2, 0.25) is 0 Å². The zero-order chi connectivity index (χ0) is 18.4. The highest BCUT2D eigenvalue weighted by Gasteiger charge is 2.09. The second-order valence-corrected chi connectivity index (χ2v) is 6.42. The Morgan fingerprint density at radius 3 is 2.73 bits per heavy atom. The maximum Gasteiger partial charge on any atom is 0.317 e. The quantitative estimate of drug-likeness (QED) is 0.681. The molecule has 3 aromatic rings. The molecule has 0 spiro atoms.